The molecule has 0 saturated carbocycles. The van der Waals surface area contributed by atoms with Crippen molar-refractivity contribution in [2.24, 2.45) is 22.2 Å². The van der Waals surface area contributed by atoms with Gasteiger partial charge < -0.3 is 33.2 Å². The van der Waals surface area contributed by atoms with Gasteiger partial charge in [-0.05, 0) is 36.1 Å². The molecular formula is C24H33N7O4. The Morgan fingerprint density at radius 3 is 2.17 bits per heavy atom. The number of amides is 4. The van der Waals surface area contributed by atoms with Crippen LogP contribution in [-0.4, -0.2) is 54.3 Å². The van der Waals surface area contributed by atoms with Gasteiger partial charge in [-0.1, -0.05) is 42.5 Å². The zero-order chi connectivity index (χ0) is 26.0. The lowest BCUT2D eigenvalue weighted by molar-refractivity contribution is -0.133. The highest BCUT2D eigenvalue weighted by molar-refractivity contribution is 5.94. The maximum Gasteiger partial charge on any atom is 0.243 e. The highest BCUT2D eigenvalue weighted by atomic mass is 16.2. The second-order valence-electron chi connectivity index (χ2n) is 8.28. The average molecular weight is 484 g/mol. The summed E-state index contributed by atoms with van der Waals surface area (Å²) in [4.78, 5) is 53.0. The lowest BCUT2D eigenvalue weighted by atomic mass is 10.0. The summed E-state index contributed by atoms with van der Waals surface area (Å²) >= 11 is 0. The second kappa shape index (κ2) is 12.9. The Morgan fingerprint density at radius 1 is 0.886 bits per heavy atom. The van der Waals surface area contributed by atoms with Crippen molar-refractivity contribution in [3.05, 3.63) is 48.0 Å². The first-order chi connectivity index (χ1) is 16.6. The molecule has 0 heterocycles. The van der Waals surface area contributed by atoms with Gasteiger partial charge in [0.2, 0.25) is 23.6 Å². The highest BCUT2D eigenvalue weighted by Gasteiger charge is 2.27. The zero-order valence-corrected chi connectivity index (χ0v) is 19.9. The molecule has 0 aromatic heterocycles. The van der Waals surface area contributed by atoms with Crippen LogP contribution < -0.4 is 33.2 Å². The van der Waals surface area contributed by atoms with Crippen LogP contribution in [0.2, 0.25) is 0 Å². The van der Waals surface area contributed by atoms with Crippen molar-refractivity contribution in [2.45, 2.75) is 51.2 Å². The Balaban J connectivity index is 2.18. The predicted octanol–water partition coefficient (Wildman–Crippen LogP) is -0.585. The third-order valence-electron chi connectivity index (χ3n) is 5.31. The number of primary amides is 1. The van der Waals surface area contributed by atoms with Crippen LogP contribution in [0.25, 0.3) is 10.8 Å². The first-order valence-electron chi connectivity index (χ1n) is 11.3. The molecule has 35 heavy (non-hydrogen) atoms. The minimum Gasteiger partial charge on any atom is -0.370 e. The lowest BCUT2D eigenvalue weighted by Gasteiger charge is -2.24. The maximum absolute atomic E-state index is 13.2. The number of rotatable bonds is 12. The predicted molar refractivity (Wildman–Crippen MR) is 134 cm³/mol. The number of benzene rings is 2. The molecule has 0 aliphatic heterocycles. The molecule has 9 N–H and O–H groups in total. The number of guanidine groups is 1. The summed E-state index contributed by atoms with van der Waals surface area (Å²) < 4.78 is 0. The molecule has 2 aromatic rings. The Bertz CT molecular complexity index is 1100. The summed E-state index contributed by atoms with van der Waals surface area (Å²) in [5, 5.41) is 9.87. The molecule has 2 rings (SSSR count). The summed E-state index contributed by atoms with van der Waals surface area (Å²) in [6.07, 6.45) is 0.801. The van der Waals surface area contributed by atoms with Gasteiger partial charge in [-0.2, -0.15) is 0 Å². The van der Waals surface area contributed by atoms with Crippen molar-refractivity contribution in [3.63, 3.8) is 0 Å². The van der Waals surface area contributed by atoms with Gasteiger partial charge in [-0.25, -0.2) is 0 Å². The summed E-state index contributed by atoms with van der Waals surface area (Å²) in [5.41, 5.74) is 16.7. The summed E-state index contributed by atoms with van der Waals surface area (Å²) in [7, 11) is 0. The van der Waals surface area contributed by atoms with Crippen molar-refractivity contribution < 1.29 is 19.2 Å². The number of hydrogen-bond acceptors (Lipinski definition) is 5. The van der Waals surface area contributed by atoms with E-state index in [2.05, 4.69) is 20.9 Å². The third-order valence-corrected chi connectivity index (χ3v) is 5.31. The number of hydrogen-bond donors (Lipinski definition) is 6. The van der Waals surface area contributed by atoms with Gasteiger partial charge in [0, 0.05) is 19.9 Å². The minimum atomic E-state index is -0.994. The van der Waals surface area contributed by atoms with Crippen molar-refractivity contribution in [2.75, 3.05) is 6.54 Å². The van der Waals surface area contributed by atoms with E-state index in [1.807, 2.05) is 42.5 Å². The van der Waals surface area contributed by atoms with E-state index in [1.165, 1.54) is 13.8 Å². The van der Waals surface area contributed by atoms with Gasteiger partial charge in [-0.15, -0.1) is 0 Å². The molecule has 11 heteroatoms. The molecule has 0 unspecified atom stereocenters. The molecule has 0 spiro atoms. The largest absolute Gasteiger partial charge is 0.370 e. The van der Waals surface area contributed by atoms with Crippen molar-refractivity contribution in [3.8, 4) is 0 Å². The molecule has 3 atom stereocenters. The first kappa shape index (κ1) is 27.1. The van der Waals surface area contributed by atoms with Gasteiger partial charge in [0.25, 0.3) is 0 Å². The summed E-state index contributed by atoms with van der Waals surface area (Å²) in [6, 6.07) is 10.7. The molecule has 188 valence electrons. The number of fused-ring (bicyclic) bond motifs is 1. The van der Waals surface area contributed by atoms with Gasteiger partial charge >= 0.3 is 0 Å². The van der Waals surface area contributed by atoms with E-state index < -0.39 is 35.8 Å². The fourth-order valence-electron chi connectivity index (χ4n) is 3.49. The van der Waals surface area contributed by atoms with Crippen molar-refractivity contribution in [1.82, 2.24) is 16.0 Å². The summed E-state index contributed by atoms with van der Waals surface area (Å²) in [5.74, 6) is -2.30. The van der Waals surface area contributed by atoms with Crippen LogP contribution in [0.4, 0.5) is 0 Å². The van der Waals surface area contributed by atoms with E-state index >= 15 is 0 Å². The topological polar surface area (TPSA) is 195 Å². The van der Waals surface area contributed by atoms with E-state index in [0.29, 0.717) is 6.42 Å². The van der Waals surface area contributed by atoms with Gasteiger partial charge in [-0.3, -0.25) is 24.2 Å². The van der Waals surface area contributed by atoms with Crippen LogP contribution in [0.5, 0.6) is 0 Å². The van der Waals surface area contributed by atoms with Crippen LogP contribution in [0, 0.1) is 0 Å². The summed E-state index contributed by atoms with van der Waals surface area (Å²) in [6.45, 7) is 3.01. The number of nitrogens with zero attached hydrogens (tertiary/aromatic N) is 1. The molecule has 0 aliphatic rings. The lowest BCUT2D eigenvalue weighted by Crippen LogP contribution is -2.56. The van der Waals surface area contributed by atoms with Crippen LogP contribution in [0.1, 0.15) is 32.3 Å². The maximum atomic E-state index is 13.2. The quantitative estimate of drug-likeness (QED) is 0.133. The van der Waals surface area contributed by atoms with Crippen LogP contribution >= 0.6 is 0 Å². The molecule has 0 aliphatic carbocycles. The Hall–Kier alpha value is -4.15. The van der Waals surface area contributed by atoms with Gasteiger partial charge in [0.15, 0.2) is 5.96 Å². The Labute approximate surface area is 203 Å². The highest BCUT2D eigenvalue weighted by Crippen LogP contribution is 2.17. The van der Waals surface area contributed by atoms with Crippen molar-refractivity contribution in [1.29, 1.82) is 0 Å². The molecule has 0 saturated heterocycles. The number of carbonyl (C=O) groups is 4. The van der Waals surface area contributed by atoms with E-state index in [1.54, 1.807) is 0 Å². The average Bonchev–Trinajstić information content (AvgIpc) is 2.79. The minimum absolute atomic E-state index is 0.0847. The normalized spacial score (nSPS) is 13.2. The number of carbonyl (C=O) groups excluding carboxylic acids is 4. The van der Waals surface area contributed by atoms with Crippen LogP contribution in [-0.2, 0) is 25.6 Å². The van der Waals surface area contributed by atoms with Crippen LogP contribution in [0.15, 0.2) is 47.5 Å². The Morgan fingerprint density at radius 2 is 1.54 bits per heavy atom. The molecule has 4 amide bonds. The molecule has 2 aromatic carbocycles. The molecule has 0 bridgehead atoms. The van der Waals surface area contributed by atoms with Gasteiger partial charge in [0.05, 0.1) is 0 Å². The fourth-order valence-corrected chi connectivity index (χ4v) is 3.49. The number of aliphatic imine (C=N–C) groups is 1. The first-order valence-corrected chi connectivity index (χ1v) is 11.3. The van der Waals surface area contributed by atoms with E-state index in [9.17, 15) is 19.2 Å². The third kappa shape index (κ3) is 8.95. The molecule has 0 radical (unpaired) electrons. The van der Waals surface area contributed by atoms with Crippen LogP contribution in [0.3, 0.4) is 0 Å². The monoisotopic (exact) mass is 483 g/mol. The smallest absolute Gasteiger partial charge is 0.243 e. The van der Waals surface area contributed by atoms with Gasteiger partial charge in [0.1, 0.15) is 18.1 Å². The standard InChI is InChI=1S/C24H33N7O4/c1-14(21(25)33)29-22(34)19(8-5-11-28-24(26)27)31-23(35)20(30-15(2)32)13-16-9-10-17-6-3-4-7-18(17)12-16/h3-4,6-7,9-10,12,14,19-20H,5,8,11,13H2,1-2H3,(H2,25,33)(H,29,34)(H,30,32)(H,31,35)(H4,26,27,28)/t14-,19-,20-/m0/s1. The molecular weight excluding hydrogens is 450 g/mol. The molecule has 0 fully saturated rings. The van der Waals surface area contributed by atoms with E-state index in [4.69, 9.17) is 17.2 Å². The number of nitrogens with one attached hydrogen (secondary N) is 3. The fraction of sp³-hybridized carbons (Fsp3) is 0.375. The van der Waals surface area contributed by atoms with E-state index in [-0.39, 0.29) is 31.3 Å². The SMILES string of the molecule is CC(=O)N[C@@H](Cc1ccc2ccccc2c1)C(=O)N[C@@H](CCCN=C(N)N)C(=O)N[C@@H](C)C(N)=O. The van der Waals surface area contributed by atoms with Crippen molar-refractivity contribution >= 4 is 40.4 Å². The molecule has 11 nitrogen and oxygen atoms in total. The zero-order valence-electron chi connectivity index (χ0n) is 19.9. The Kier molecular flexibility index (Phi) is 10.0. The number of nitrogens with two attached hydrogens (primary N) is 3. The second-order valence-corrected chi connectivity index (χ2v) is 8.28. The van der Waals surface area contributed by atoms with E-state index in [0.717, 1.165) is 16.3 Å².